The summed E-state index contributed by atoms with van der Waals surface area (Å²) in [6.07, 6.45) is 5.21. The SMILES string of the molecule is CCCc1cc(C(=O)NC2CCC(C)C2)cc(N)n1. The van der Waals surface area contributed by atoms with Gasteiger partial charge in [0.15, 0.2) is 0 Å². The lowest BCUT2D eigenvalue weighted by Crippen LogP contribution is -2.33. The van der Waals surface area contributed by atoms with E-state index in [2.05, 4.69) is 24.1 Å². The Morgan fingerprint density at radius 3 is 2.89 bits per heavy atom. The zero-order valence-electron chi connectivity index (χ0n) is 11.8. The van der Waals surface area contributed by atoms with Crippen LogP contribution in [0.2, 0.25) is 0 Å². The molecule has 1 aliphatic carbocycles. The number of anilines is 1. The Morgan fingerprint density at radius 1 is 1.47 bits per heavy atom. The van der Waals surface area contributed by atoms with E-state index in [9.17, 15) is 4.79 Å². The van der Waals surface area contributed by atoms with Crippen LogP contribution in [0.3, 0.4) is 0 Å². The molecule has 1 fully saturated rings. The minimum Gasteiger partial charge on any atom is -0.384 e. The Morgan fingerprint density at radius 2 is 2.26 bits per heavy atom. The fourth-order valence-corrected chi connectivity index (χ4v) is 2.73. The van der Waals surface area contributed by atoms with Crippen LogP contribution in [-0.4, -0.2) is 16.9 Å². The van der Waals surface area contributed by atoms with Gasteiger partial charge in [0.25, 0.3) is 5.91 Å². The minimum absolute atomic E-state index is 0.0226. The van der Waals surface area contributed by atoms with Crippen molar-refractivity contribution in [3.63, 3.8) is 0 Å². The van der Waals surface area contributed by atoms with E-state index in [1.54, 1.807) is 6.07 Å². The lowest BCUT2D eigenvalue weighted by Gasteiger charge is -2.13. The highest BCUT2D eigenvalue weighted by Gasteiger charge is 2.23. The van der Waals surface area contributed by atoms with Crippen LogP contribution in [0, 0.1) is 5.92 Å². The van der Waals surface area contributed by atoms with Crippen molar-refractivity contribution in [2.75, 3.05) is 5.73 Å². The summed E-state index contributed by atoms with van der Waals surface area (Å²) in [6, 6.07) is 3.83. The first kappa shape index (κ1) is 13.8. The zero-order chi connectivity index (χ0) is 13.8. The summed E-state index contributed by atoms with van der Waals surface area (Å²) in [5.41, 5.74) is 7.30. The van der Waals surface area contributed by atoms with Crippen LogP contribution >= 0.6 is 0 Å². The molecule has 1 heterocycles. The summed E-state index contributed by atoms with van der Waals surface area (Å²) in [7, 11) is 0. The van der Waals surface area contributed by atoms with Crippen molar-refractivity contribution in [2.24, 2.45) is 5.92 Å². The van der Waals surface area contributed by atoms with Crippen molar-refractivity contribution in [3.8, 4) is 0 Å². The van der Waals surface area contributed by atoms with Crippen LogP contribution in [0.25, 0.3) is 0 Å². The van der Waals surface area contributed by atoms with Crippen LogP contribution in [0.15, 0.2) is 12.1 Å². The van der Waals surface area contributed by atoms with Gasteiger partial charge >= 0.3 is 0 Å². The number of nitrogen functional groups attached to an aromatic ring is 1. The first-order valence-electron chi connectivity index (χ1n) is 7.15. The van der Waals surface area contributed by atoms with E-state index >= 15 is 0 Å². The number of nitrogens with zero attached hydrogens (tertiary/aromatic N) is 1. The molecular formula is C15H23N3O. The van der Waals surface area contributed by atoms with Gasteiger partial charge in [0.05, 0.1) is 0 Å². The second-order valence-electron chi connectivity index (χ2n) is 5.61. The van der Waals surface area contributed by atoms with Crippen molar-refractivity contribution in [3.05, 3.63) is 23.4 Å². The molecule has 4 nitrogen and oxygen atoms in total. The van der Waals surface area contributed by atoms with Gasteiger partial charge in [0, 0.05) is 17.3 Å². The molecule has 1 aromatic heterocycles. The molecule has 4 heteroatoms. The maximum absolute atomic E-state index is 12.2. The number of amides is 1. The van der Waals surface area contributed by atoms with Crippen LogP contribution in [0.5, 0.6) is 0 Å². The van der Waals surface area contributed by atoms with Crippen LogP contribution in [0.1, 0.15) is 55.6 Å². The molecule has 2 atom stereocenters. The molecule has 0 spiro atoms. The Kier molecular flexibility index (Phi) is 4.40. The van der Waals surface area contributed by atoms with Crippen molar-refractivity contribution < 1.29 is 4.79 Å². The highest BCUT2D eigenvalue weighted by atomic mass is 16.1. The molecule has 1 aromatic rings. The number of rotatable bonds is 4. The van der Waals surface area contributed by atoms with Gasteiger partial charge in [-0.05, 0) is 43.7 Å². The Balaban J connectivity index is 2.05. The number of carbonyl (C=O) groups is 1. The molecule has 0 aromatic carbocycles. The third kappa shape index (κ3) is 3.69. The minimum atomic E-state index is -0.0226. The van der Waals surface area contributed by atoms with Crippen LogP contribution in [0.4, 0.5) is 5.82 Å². The van der Waals surface area contributed by atoms with Gasteiger partial charge in [-0.2, -0.15) is 0 Å². The summed E-state index contributed by atoms with van der Waals surface area (Å²) in [5.74, 6) is 1.12. The number of carbonyl (C=O) groups excluding carboxylic acids is 1. The highest BCUT2D eigenvalue weighted by molar-refractivity contribution is 5.95. The van der Waals surface area contributed by atoms with E-state index in [0.717, 1.165) is 31.4 Å². The summed E-state index contributed by atoms with van der Waals surface area (Å²) in [5, 5.41) is 3.10. The predicted octanol–water partition coefficient (Wildman–Crippen LogP) is 2.53. The maximum Gasteiger partial charge on any atom is 0.251 e. The van der Waals surface area contributed by atoms with Crippen LogP contribution < -0.4 is 11.1 Å². The van der Waals surface area contributed by atoms with Gasteiger partial charge in [-0.15, -0.1) is 0 Å². The van der Waals surface area contributed by atoms with Gasteiger partial charge in [0.1, 0.15) is 5.82 Å². The van der Waals surface area contributed by atoms with E-state index < -0.39 is 0 Å². The first-order valence-corrected chi connectivity index (χ1v) is 7.15. The van der Waals surface area contributed by atoms with Crippen molar-refractivity contribution in [2.45, 2.75) is 52.0 Å². The lowest BCUT2D eigenvalue weighted by atomic mass is 10.1. The number of hydrogen-bond acceptors (Lipinski definition) is 3. The van der Waals surface area contributed by atoms with Crippen molar-refractivity contribution in [1.82, 2.24) is 10.3 Å². The predicted molar refractivity (Wildman–Crippen MR) is 76.9 cm³/mol. The molecule has 104 valence electrons. The molecule has 0 saturated heterocycles. The van der Waals surface area contributed by atoms with E-state index in [0.29, 0.717) is 23.3 Å². The molecule has 1 aliphatic rings. The fraction of sp³-hybridized carbons (Fsp3) is 0.600. The van der Waals surface area contributed by atoms with Crippen LogP contribution in [-0.2, 0) is 6.42 Å². The Bertz CT molecular complexity index is 459. The summed E-state index contributed by atoms with van der Waals surface area (Å²) >= 11 is 0. The number of nitrogens with two attached hydrogens (primary N) is 1. The standard InChI is InChI=1S/C15H23N3O/c1-3-4-12-8-11(9-14(16)17-12)15(19)18-13-6-5-10(2)7-13/h8-10,13H,3-7H2,1-2H3,(H2,16,17)(H,18,19). The molecule has 0 bridgehead atoms. The van der Waals surface area contributed by atoms with Gasteiger partial charge < -0.3 is 11.1 Å². The highest BCUT2D eigenvalue weighted by Crippen LogP contribution is 2.24. The largest absolute Gasteiger partial charge is 0.384 e. The maximum atomic E-state index is 12.2. The average molecular weight is 261 g/mol. The molecule has 19 heavy (non-hydrogen) atoms. The van der Waals surface area contributed by atoms with Gasteiger partial charge in [-0.3, -0.25) is 4.79 Å². The number of nitrogens with one attached hydrogen (secondary N) is 1. The van der Waals surface area contributed by atoms with E-state index in [1.165, 1.54) is 6.42 Å². The van der Waals surface area contributed by atoms with Gasteiger partial charge in [-0.25, -0.2) is 4.98 Å². The van der Waals surface area contributed by atoms with Crippen molar-refractivity contribution >= 4 is 11.7 Å². The summed E-state index contributed by atoms with van der Waals surface area (Å²) < 4.78 is 0. The van der Waals surface area contributed by atoms with Gasteiger partial charge in [-0.1, -0.05) is 20.3 Å². The fourth-order valence-electron chi connectivity index (χ4n) is 2.73. The average Bonchev–Trinajstić information content (AvgIpc) is 2.74. The molecule has 2 rings (SSSR count). The lowest BCUT2D eigenvalue weighted by molar-refractivity contribution is 0.0937. The third-order valence-electron chi connectivity index (χ3n) is 3.70. The van der Waals surface area contributed by atoms with Gasteiger partial charge in [0.2, 0.25) is 0 Å². The van der Waals surface area contributed by atoms with E-state index in [4.69, 9.17) is 5.73 Å². The number of aromatic nitrogens is 1. The van der Waals surface area contributed by atoms with E-state index in [1.807, 2.05) is 6.07 Å². The first-order chi connectivity index (χ1) is 9.08. The molecule has 1 saturated carbocycles. The third-order valence-corrected chi connectivity index (χ3v) is 3.70. The smallest absolute Gasteiger partial charge is 0.251 e. The number of pyridine rings is 1. The topological polar surface area (TPSA) is 68.0 Å². The Hall–Kier alpha value is -1.58. The molecule has 3 N–H and O–H groups in total. The Labute approximate surface area is 114 Å². The second kappa shape index (κ2) is 6.04. The normalized spacial score (nSPS) is 22.4. The monoisotopic (exact) mass is 261 g/mol. The molecular weight excluding hydrogens is 238 g/mol. The number of aryl methyl sites for hydroxylation is 1. The summed E-state index contributed by atoms with van der Waals surface area (Å²) in [6.45, 7) is 4.32. The summed E-state index contributed by atoms with van der Waals surface area (Å²) in [4.78, 5) is 16.5. The second-order valence-corrected chi connectivity index (χ2v) is 5.61. The van der Waals surface area contributed by atoms with Crippen molar-refractivity contribution in [1.29, 1.82) is 0 Å². The molecule has 0 aliphatic heterocycles. The molecule has 2 unspecified atom stereocenters. The zero-order valence-corrected chi connectivity index (χ0v) is 11.8. The molecule has 1 amide bonds. The number of hydrogen-bond donors (Lipinski definition) is 2. The molecule has 0 radical (unpaired) electrons. The quantitative estimate of drug-likeness (QED) is 0.875. The van der Waals surface area contributed by atoms with E-state index in [-0.39, 0.29) is 5.91 Å².